The maximum atomic E-state index is 12.2. The van der Waals surface area contributed by atoms with E-state index in [4.69, 9.17) is 0 Å². The van der Waals surface area contributed by atoms with E-state index in [1.807, 2.05) is 51.1 Å². The average molecular weight is 407 g/mol. The molecule has 3 rings (SSSR count). The van der Waals surface area contributed by atoms with Gasteiger partial charge in [-0.25, -0.2) is 0 Å². The summed E-state index contributed by atoms with van der Waals surface area (Å²) >= 11 is 1.55. The van der Waals surface area contributed by atoms with Crippen molar-refractivity contribution in [3.05, 3.63) is 76.9 Å². The minimum atomic E-state index is -0.215. The lowest BCUT2D eigenvalue weighted by molar-refractivity contribution is -0.122. The molecule has 3 aromatic carbocycles. The van der Waals surface area contributed by atoms with Gasteiger partial charge in [0.25, 0.3) is 0 Å². The molecule has 0 heterocycles. The van der Waals surface area contributed by atoms with Gasteiger partial charge in [-0.1, -0.05) is 60.2 Å². The molecule has 0 saturated heterocycles. The van der Waals surface area contributed by atoms with Crippen LogP contribution in [0.25, 0.3) is 10.8 Å². The van der Waals surface area contributed by atoms with Crippen LogP contribution in [-0.4, -0.2) is 24.1 Å². The Hall–Kier alpha value is -2.79. The average Bonchev–Trinajstić information content (AvgIpc) is 2.69. The van der Waals surface area contributed by atoms with Gasteiger partial charge in [0.05, 0.1) is 12.3 Å². The van der Waals surface area contributed by atoms with E-state index in [0.29, 0.717) is 5.75 Å². The highest BCUT2D eigenvalue weighted by Gasteiger charge is 2.10. The Balaban J connectivity index is 1.46. The second-order valence-corrected chi connectivity index (χ2v) is 8.22. The van der Waals surface area contributed by atoms with Gasteiger partial charge < -0.3 is 10.6 Å². The SMILES string of the molecule is Cc1cc(C)c(NC(=O)CNC(=O)CSCc2cccc3ccccc23)c(C)c1. The number of nitrogens with one attached hydrogen (secondary N) is 2. The fraction of sp³-hybridized carbons (Fsp3) is 0.250. The fourth-order valence-corrected chi connectivity index (χ4v) is 4.32. The number of rotatable bonds is 7. The summed E-state index contributed by atoms with van der Waals surface area (Å²) < 4.78 is 0. The maximum absolute atomic E-state index is 12.2. The van der Waals surface area contributed by atoms with E-state index >= 15 is 0 Å². The first-order valence-electron chi connectivity index (χ1n) is 9.63. The molecule has 29 heavy (non-hydrogen) atoms. The van der Waals surface area contributed by atoms with Crippen LogP contribution in [0.5, 0.6) is 0 Å². The van der Waals surface area contributed by atoms with Crippen LogP contribution in [0.1, 0.15) is 22.3 Å². The van der Waals surface area contributed by atoms with Gasteiger partial charge in [-0.05, 0) is 48.2 Å². The van der Waals surface area contributed by atoms with Crippen LogP contribution < -0.4 is 10.6 Å². The van der Waals surface area contributed by atoms with E-state index in [-0.39, 0.29) is 18.4 Å². The van der Waals surface area contributed by atoms with Crippen molar-refractivity contribution in [1.29, 1.82) is 0 Å². The Labute approximate surface area is 176 Å². The number of carbonyl (C=O) groups excluding carboxylic acids is 2. The highest BCUT2D eigenvalue weighted by atomic mass is 32.2. The number of carbonyl (C=O) groups is 2. The van der Waals surface area contributed by atoms with Crippen molar-refractivity contribution >= 4 is 40.0 Å². The number of hydrogen-bond donors (Lipinski definition) is 2. The van der Waals surface area contributed by atoms with Gasteiger partial charge in [-0.15, -0.1) is 11.8 Å². The largest absolute Gasteiger partial charge is 0.346 e. The Morgan fingerprint density at radius 1 is 0.897 bits per heavy atom. The Morgan fingerprint density at radius 2 is 1.59 bits per heavy atom. The van der Waals surface area contributed by atoms with Crippen molar-refractivity contribution in [3.8, 4) is 0 Å². The minimum absolute atomic E-state index is 0.0274. The molecule has 5 heteroatoms. The Bertz CT molecular complexity index is 1020. The molecule has 0 bridgehead atoms. The highest BCUT2D eigenvalue weighted by Crippen LogP contribution is 2.23. The molecule has 4 nitrogen and oxygen atoms in total. The van der Waals surface area contributed by atoms with Gasteiger partial charge in [0.1, 0.15) is 0 Å². The van der Waals surface area contributed by atoms with Crippen LogP contribution in [0.15, 0.2) is 54.6 Å². The van der Waals surface area contributed by atoms with Crippen LogP contribution in [0.4, 0.5) is 5.69 Å². The predicted molar refractivity (Wildman–Crippen MR) is 122 cm³/mol. The van der Waals surface area contributed by atoms with E-state index < -0.39 is 0 Å². The third-order valence-electron chi connectivity index (χ3n) is 4.76. The maximum Gasteiger partial charge on any atom is 0.243 e. The molecular formula is C24H26N2O2S. The molecular weight excluding hydrogens is 380 g/mol. The lowest BCUT2D eigenvalue weighted by atomic mass is 10.1. The molecule has 2 amide bonds. The van der Waals surface area contributed by atoms with Crippen LogP contribution in [0.3, 0.4) is 0 Å². The molecule has 0 saturated carbocycles. The van der Waals surface area contributed by atoms with Gasteiger partial charge in [-0.3, -0.25) is 9.59 Å². The van der Waals surface area contributed by atoms with Crippen molar-refractivity contribution in [3.63, 3.8) is 0 Å². The van der Waals surface area contributed by atoms with Crippen molar-refractivity contribution in [1.82, 2.24) is 5.32 Å². The second kappa shape index (κ2) is 9.61. The number of benzene rings is 3. The summed E-state index contributed by atoms with van der Waals surface area (Å²) in [6.45, 7) is 5.94. The number of amides is 2. The zero-order chi connectivity index (χ0) is 20.8. The highest BCUT2D eigenvalue weighted by molar-refractivity contribution is 7.99. The first-order valence-corrected chi connectivity index (χ1v) is 10.8. The minimum Gasteiger partial charge on any atom is -0.346 e. The number of anilines is 1. The Morgan fingerprint density at radius 3 is 2.34 bits per heavy atom. The summed E-state index contributed by atoms with van der Waals surface area (Å²) in [5, 5.41) is 8.02. The topological polar surface area (TPSA) is 58.2 Å². The van der Waals surface area contributed by atoms with Crippen LogP contribution >= 0.6 is 11.8 Å². The third-order valence-corrected chi connectivity index (χ3v) is 5.74. The first-order chi connectivity index (χ1) is 13.9. The summed E-state index contributed by atoms with van der Waals surface area (Å²) in [5.74, 6) is 0.720. The van der Waals surface area contributed by atoms with Crippen molar-refractivity contribution in [2.45, 2.75) is 26.5 Å². The van der Waals surface area contributed by atoms with Crippen molar-refractivity contribution < 1.29 is 9.59 Å². The standard InChI is InChI=1S/C24H26N2O2S/c1-16-11-17(2)24(18(3)12-16)26-22(27)13-25-23(28)15-29-14-20-9-6-8-19-7-4-5-10-21(19)20/h4-12H,13-15H2,1-3H3,(H,25,28)(H,26,27). The molecule has 0 aliphatic heterocycles. The molecule has 0 aliphatic rings. The van der Waals surface area contributed by atoms with Crippen molar-refractivity contribution in [2.24, 2.45) is 0 Å². The molecule has 2 N–H and O–H groups in total. The smallest absolute Gasteiger partial charge is 0.243 e. The summed E-state index contributed by atoms with van der Waals surface area (Å²) in [6, 6.07) is 18.5. The quantitative estimate of drug-likeness (QED) is 0.595. The number of thioether (sulfide) groups is 1. The van der Waals surface area contributed by atoms with E-state index in [9.17, 15) is 9.59 Å². The normalized spacial score (nSPS) is 10.7. The molecule has 150 valence electrons. The van der Waals surface area contributed by atoms with E-state index in [1.54, 1.807) is 11.8 Å². The van der Waals surface area contributed by atoms with Gasteiger partial charge in [0.2, 0.25) is 11.8 Å². The van der Waals surface area contributed by atoms with Gasteiger partial charge in [-0.2, -0.15) is 0 Å². The summed E-state index contributed by atoms with van der Waals surface area (Å²) in [5.41, 5.74) is 5.24. The summed E-state index contributed by atoms with van der Waals surface area (Å²) in [6.07, 6.45) is 0. The molecule has 0 aromatic heterocycles. The van der Waals surface area contributed by atoms with Crippen LogP contribution in [0.2, 0.25) is 0 Å². The third kappa shape index (κ3) is 5.61. The fourth-order valence-electron chi connectivity index (χ4n) is 3.46. The molecule has 0 fully saturated rings. The Kier molecular flexibility index (Phi) is 6.94. The number of fused-ring (bicyclic) bond motifs is 1. The van der Waals surface area contributed by atoms with Crippen molar-refractivity contribution in [2.75, 3.05) is 17.6 Å². The summed E-state index contributed by atoms with van der Waals surface area (Å²) in [4.78, 5) is 24.3. The van der Waals surface area contributed by atoms with E-state index in [2.05, 4.69) is 34.9 Å². The van der Waals surface area contributed by atoms with Gasteiger partial charge in [0, 0.05) is 11.4 Å². The molecule has 0 unspecified atom stereocenters. The first kappa shape index (κ1) is 20.9. The second-order valence-electron chi connectivity index (χ2n) is 7.23. The molecule has 0 aliphatic carbocycles. The van der Waals surface area contributed by atoms with E-state index in [1.165, 1.54) is 16.3 Å². The monoisotopic (exact) mass is 406 g/mol. The molecule has 3 aromatic rings. The van der Waals surface area contributed by atoms with Crippen LogP contribution in [0, 0.1) is 20.8 Å². The molecule has 0 radical (unpaired) electrons. The lowest BCUT2D eigenvalue weighted by Crippen LogP contribution is -2.34. The predicted octanol–water partition coefficient (Wildman–Crippen LogP) is 4.75. The molecule has 0 spiro atoms. The van der Waals surface area contributed by atoms with E-state index in [0.717, 1.165) is 28.1 Å². The number of aryl methyl sites for hydroxylation is 3. The van der Waals surface area contributed by atoms with Gasteiger partial charge >= 0.3 is 0 Å². The van der Waals surface area contributed by atoms with Gasteiger partial charge in [0.15, 0.2) is 0 Å². The lowest BCUT2D eigenvalue weighted by Gasteiger charge is -2.13. The van der Waals surface area contributed by atoms with Crippen LogP contribution in [-0.2, 0) is 15.3 Å². The molecule has 0 atom stereocenters. The number of hydrogen-bond acceptors (Lipinski definition) is 3. The zero-order valence-corrected chi connectivity index (χ0v) is 17.9. The summed E-state index contributed by atoms with van der Waals surface area (Å²) in [7, 11) is 0. The zero-order valence-electron chi connectivity index (χ0n) is 17.0.